The summed E-state index contributed by atoms with van der Waals surface area (Å²) in [6.45, 7) is 3.90. The third-order valence-corrected chi connectivity index (χ3v) is 5.82. The topological polar surface area (TPSA) is 79.9 Å². The predicted octanol–water partition coefficient (Wildman–Crippen LogP) is 1.67. The number of rotatable bonds is 8. The van der Waals surface area contributed by atoms with Crippen LogP contribution in [0.5, 0.6) is 0 Å². The maximum absolute atomic E-state index is 13.1. The highest BCUT2D eigenvalue weighted by Crippen LogP contribution is 2.20. The first-order valence-electron chi connectivity index (χ1n) is 10.6. The number of ether oxygens (including phenoxy) is 1. The monoisotopic (exact) mass is 403 g/mol. The molecule has 7 heteroatoms. The zero-order valence-electron chi connectivity index (χ0n) is 17.4. The molecular weight excluding hydrogens is 370 g/mol. The van der Waals surface area contributed by atoms with E-state index in [9.17, 15) is 9.59 Å². The van der Waals surface area contributed by atoms with Crippen LogP contribution in [0.4, 0.5) is 0 Å². The highest BCUT2D eigenvalue weighted by molar-refractivity contribution is 5.88. The summed E-state index contributed by atoms with van der Waals surface area (Å²) in [7, 11) is 1.64. The van der Waals surface area contributed by atoms with Crippen LogP contribution in [0, 0.1) is 5.92 Å². The minimum atomic E-state index is -0.667. The minimum absolute atomic E-state index is 0.162. The summed E-state index contributed by atoms with van der Waals surface area (Å²) < 4.78 is 5.65. The Labute approximate surface area is 173 Å². The van der Waals surface area contributed by atoms with Crippen molar-refractivity contribution in [1.82, 2.24) is 15.7 Å². The molecule has 0 bridgehead atoms. The normalized spacial score (nSPS) is 22.7. The molecule has 0 aromatic heterocycles. The minimum Gasteiger partial charge on any atom is -0.379 e. The van der Waals surface area contributed by atoms with Gasteiger partial charge in [-0.25, -0.2) is 5.06 Å². The van der Waals surface area contributed by atoms with Crippen LogP contribution in [0.3, 0.4) is 0 Å². The Hall–Kier alpha value is -1.96. The zero-order valence-corrected chi connectivity index (χ0v) is 17.4. The van der Waals surface area contributed by atoms with Crippen LogP contribution < -0.4 is 10.6 Å². The number of hydroxylamine groups is 2. The van der Waals surface area contributed by atoms with E-state index in [1.54, 1.807) is 7.11 Å². The molecule has 2 unspecified atom stereocenters. The number of amides is 2. The van der Waals surface area contributed by atoms with Gasteiger partial charge in [0.25, 0.3) is 5.91 Å². The molecule has 1 aromatic rings. The standard InChI is InChI=1S/C22H33N3O4/c1-16(20(28-2)18-11-8-12-23-18)21(26)24-19(15-17-9-4-3-5-10-17)22(27)25-13-6-7-14-29-25/h3-5,9-10,16,18-20,23H,6-8,11-15H2,1-2H3,(H,24,26)/t16-,18?,19?,20-/m1/s1. The number of nitrogens with one attached hydrogen (secondary N) is 2. The van der Waals surface area contributed by atoms with E-state index in [0.717, 1.165) is 37.8 Å². The number of methoxy groups -OCH3 is 1. The van der Waals surface area contributed by atoms with Gasteiger partial charge in [-0.15, -0.1) is 0 Å². The summed E-state index contributed by atoms with van der Waals surface area (Å²) >= 11 is 0. The third kappa shape index (κ3) is 5.78. The van der Waals surface area contributed by atoms with E-state index in [4.69, 9.17) is 9.57 Å². The Balaban J connectivity index is 1.70. The molecule has 160 valence electrons. The molecule has 2 amide bonds. The molecule has 0 radical (unpaired) electrons. The highest BCUT2D eigenvalue weighted by Gasteiger charge is 2.35. The molecule has 1 aromatic carbocycles. The van der Waals surface area contributed by atoms with Gasteiger partial charge >= 0.3 is 0 Å². The van der Waals surface area contributed by atoms with Crippen molar-refractivity contribution in [2.45, 2.75) is 57.2 Å². The molecule has 29 heavy (non-hydrogen) atoms. The Morgan fingerprint density at radius 1 is 1.28 bits per heavy atom. The van der Waals surface area contributed by atoms with E-state index in [1.807, 2.05) is 37.3 Å². The van der Waals surface area contributed by atoms with E-state index < -0.39 is 6.04 Å². The van der Waals surface area contributed by atoms with Gasteiger partial charge in [-0.3, -0.25) is 14.4 Å². The molecule has 3 rings (SSSR count). The summed E-state index contributed by atoms with van der Waals surface area (Å²) in [5, 5.41) is 7.80. The Morgan fingerprint density at radius 2 is 2.07 bits per heavy atom. The summed E-state index contributed by atoms with van der Waals surface area (Å²) in [4.78, 5) is 31.7. The van der Waals surface area contributed by atoms with Crippen molar-refractivity contribution in [1.29, 1.82) is 0 Å². The number of hydrogen-bond acceptors (Lipinski definition) is 5. The maximum atomic E-state index is 13.1. The first-order valence-corrected chi connectivity index (χ1v) is 10.6. The average Bonchev–Trinajstić information content (AvgIpc) is 3.29. The molecular formula is C22H33N3O4. The Morgan fingerprint density at radius 3 is 2.69 bits per heavy atom. The second-order valence-corrected chi connectivity index (χ2v) is 7.92. The van der Waals surface area contributed by atoms with Crippen LogP contribution in [-0.2, 0) is 25.6 Å². The second kappa shape index (κ2) is 10.7. The van der Waals surface area contributed by atoms with Crippen molar-refractivity contribution in [2.75, 3.05) is 26.8 Å². The van der Waals surface area contributed by atoms with Crippen LogP contribution >= 0.6 is 0 Å². The van der Waals surface area contributed by atoms with Crippen molar-refractivity contribution in [3.05, 3.63) is 35.9 Å². The average molecular weight is 404 g/mol. The predicted molar refractivity (Wildman–Crippen MR) is 110 cm³/mol. The summed E-state index contributed by atoms with van der Waals surface area (Å²) in [5.74, 6) is -0.733. The van der Waals surface area contributed by atoms with Crippen molar-refractivity contribution < 1.29 is 19.2 Å². The molecule has 2 N–H and O–H groups in total. The van der Waals surface area contributed by atoms with Crippen LogP contribution in [0.25, 0.3) is 0 Å². The first kappa shape index (κ1) is 21.7. The van der Waals surface area contributed by atoms with Crippen molar-refractivity contribution in [3.8, 4) is 0 Å². The zero-order chi connectivity index (χ0) is 20.6. The van der Waals surface area contributed by atoms with Gasteiger partial charge in [0.1, 0.15) is 6.04 Å². The molecule has 0 aliphatic carbocycles. The molecule has 0 spiro atoms. The van der Waals surface area contributed by atoms with Gasteiger partial charge in [-0.2, -0.15) is 0 Å². The van der Waals surface area contributed by atoms with Gasteiger partial charge < -0.3 is 15.4 Å². The quantitative estimate of drug-likeness (QED) is 0.690. The molecule has 2 aliphatic heterocycles. The van der Waals surface area contributed by atoms with E-state index in [2.05, 4.69) is 10.6 Å². The third-order valence-electron chi connectivity index (χ3n) is 5.82. The fourth-order valence-electron chi connectivity index (χ4n) is 4.16. The smallest absolute Gasteiger partial charge is 0.269 e. The van der Waals surface area contributed by atoms with Gasteiger partial charge in [-0.1, -0.05) is 37.3 Å². The van der Waals surface area contributed by atoms with Crippen LogP contribution in [0.15, 0.2) is 30.3 Å². The second-order valence-electron chi connectivity index (χ2n) is 7.92. The van der Waals surface area contributed by atoms with Gasteiger partial charge in [-0.05, 0) is 37.8 Å². The number of hydrogen-bond donors (Lipinski definition) is 2. The fraction of sp³-hybridized carbons (Fsp3) is 0.636. The molecule has 0 saturated carbocycles. The summed E-state index contributed by atoms with van der Waals surface area (Å²) in [6, 6.07) is 9.23. The molecule has 2 fully saturated rings. The lowest BCUT2D eigenvalue weighted by Crippen LogP contribution is -2.54. The molecule has 4 atom stereocenters. The van der Waals surface area contributed by atoms with Gasteiger partial charge in [0, 0.05) is 26.1 Å². The van der Waals surface area contributed by atoms with E-state index >= 15 is 0 Å². The molecule has 7 nitrogen and oxygen atoms in total. The van der Waals surface area contributed by atoms with E-state index in [1.165, 1.54) is 5.06 Å². The van der Waals surface area contributed by atoms with Gasteiger partial charge in [0.15, 0.2) is 0 Å². The fourth-order valence-corrected chi connectivity index (χ4v) is 4.16. The van der Waals surface area contributed by atoms with Crippen molar-refractivity contribution >= 4 is 11.8 Å². The molecule has 2 heterocycles. The first-order chi connectivity index (χ1) is 14.1. The number of nitrogens with zero attached hydrogens (tertiary/aromatic N) is 1. The summed E-state index contributed by atoms with van der Waals surface area (Å²) in [6.07, 6.45) is 4.13. The molecule has 2 aliphatic rings. The van der Waals surface area contributed by atoms with Crippen molar-refractivity contribution in [3.63, 3.8) is 0 Å². The lowest BCUT2D eigenvalue weighted by atomic mass is 9.94. The van der Waals surface area contributed by atoms with E-state index in [-0.39, 0.29) is 29.9 Å². The lowest BCUT2D eigenvalue weighted by molar-refractivity contribution is -0.199. The van der Waals surface area contributed by atoms with E-state index in [0.29, 0.717) is 19.6 Å². The maximum Gasteiger partial charge on any atom is 0.269 e. The number of carbonyl (C=O) groups excluding carboxylic acids is 2. The Bertz CT molecular complexity index is 657. The number of carbonyl (C=O) groups is 2. The van der Waals surface area contributed by atoms with Gasteiger partial charge in [0.2, 0.25) is 5.91 Å². The number of benzene rings is 1. The largest absolute Gasteiger partial charge is 0.379 e. The summed E-state index contributed by atoms with van der Waals surface area (Å²) in [5.41, 5.74) is 0.997. The lowest BCUT2D eigenvalue weighted by Gasteiger charge is -2.32. The SMILES string of the molecule is CO[C@@H](C1CCCN1)[C@@H](C)C(=O)NC(Cc1ccccc1)C(=O)N1CCCCO1. The van der Waals surface area contributed by atoms with Crippen LogP contribution in [0.1, 0.15) is 38.2 Å². The highest BCUT2D eigenvalue weighted by atomic mass is 16.7. The molecule has 2 saturated heterocycles. The van der Waals surface area contributed by atoms with Crippen LogP contribution in [0.2, 0.25) is 0 Å². The van der Waals surface area contributed by atoms with Crippen LogP contribution in [-0.4, -0.2) is 61.9 Å². The van der Waals surface area contributed by atoms with Crippen molar-refractivity contribution in [2.24, 2.45) is 5.92 Å². The van der Waals surface area contributed by atoms with Gasteiger partial charge in [0.05, 0.1) is 18.6 Å². The Kier molecular flexibility index (Phi) is 8.03.